The number of nitrogens with one attached hydrogen (secondary N) is 2. The third-order valence-corrected chi connectivity index (χ3v) is 4.69. The molecule has 2 aromatic rings. The predicted molar refractivity (Wildman–Crippen MR) is 104 cm³/mol. The summed E-state index contributed by atoms with van der Waals surface area (Å²) in [5.74, 6) is -1.91. The summed E-state index contributed by atoms with van der Waals surface area (Å²) in [6, 6.07) is 10.2. The Labute approximate surface area is 170 Å². The number of nitro groups is 1. The molecule has 1 fully saturated rings. The number of primary amides is 1. The summed E-state index contributed by atoms with van der Waals surface area (Å²) in [5, 5.41) is 15.8. The number of nitrogens with two attached hydrogens (primary N) is 1. The van der Waals surface area contributed by atoms with Gasteiger partial charge in [0, 0.05) is 23.4 Å². The zero-order chi connectivity index (χ0) is 22.1. The Kier molecular flexibility index (Phi) is 5.20. The lowest BCUT2D eigenvalue weighted by Crippen LogP contribution is -2.42. The van der Waals surface area contributed by atoms with Crippen LogP contribution in [0.4, 0.5) is 16.2 Å². The van der Waals surface area contributed by atoms with E-state index in [-0.39, 0.29) is 11.3 Å². The van der Waals surface area contributed by atoms with Gasteiger partial charge in [-0.3, -0.25) is 29.4 Å². The molecule has 30 heavy (non-hydrogen) atoms. The van der Waals surface area contributed by atoms with Gasteiger partial charge in [-0.15, -0.1) is 0 Å². The van der Waals surface area contributed by atoms with Crippen LogP contribution in [0.25, 0.3) is 0 Å². The second kappa shape index (κ2) is 7.62. The average molecular weight is 411 g/mol. The molecule has 0 aromatic heterocycles. The zero-order valence-electron chi connectivity index (χ0n) is 15.7. The summed E-state index contributed by atoms with van der Waals surface area (Å²) in [4.78, 5) is 59.5. The molecule has 11 nitrogen and oxygen atoms in total. The first-order valence-corrected chi connectivity index (χ1v) is 8.70. The quantitative estimate of drug-likeness (QED) is 0.366. The van der Waals surface area contributed by atoms with E-state index in [0.29, 0.717) is 11.3 Å². The molecule has 5 amide bonds. The lowest BCUT2D eigenvalue weighted by Gasteiger charge is -2.22. The summed E-state index contributed by atoms with van der Waals surface area (Å²) in [6.07, 6.45) is 0. The summed E-state index contributed by atoms with van der Waals surface area (Å²) < 4.78 is 0. The van der Waals surface area contributed by atoms with Crippen LogP contribution in [-0.2, 0) is 15.1 Å². The maximum absolute atomic E-state index is 12.8. The zero-order valence-corrected chi connectivity index (χ0v) is 15.7. The maximum Gasteiger partial charge on any atom is 0.325 e. The monoisotopic (exact) mass is 411 g/mol. The Hall–Kier alpha value is -4.28. The molecule has 154 valence electrons. The van der Waals surface area contributed by atoms with E-state index in [1.54, 1.807) is 0 Å². The summed E-state index contributed by atoms with van der Waals surface area (Å²) >= 11 is 0. The van der Waals surface area contributed by atoms with Gasteiger partial charge in [-0.05, 0) is 48.9 Å². The van der Waals surface area contributed by atoms with E-state index in [1.807, 2.05) is 0 Å². The number of rotatable bonds is 6. The molecule has 0 spiro atoms. The van der Waals surface area contributed by atoms with Crippen LogP contribution in [0.3, 0.4) is 0 Å². The highest BCUT2D eigenvalue weighted by atomic mass is 16.6. The van der Waals surface area contributed by atoms with Crippen molar-refractivity contribution in [2.24, 2.45) is 5.73 Å². The number of anilines is 1. The molecule has 4 N–H and O–H groups in total. The second-order valence-corrected chi connectivity index (χ2v) is 6.74. The minimum absolute atomic E-state index is 0.155. The molecule has 1 aliphatic heterocycles. The first-order valence-electron chi connectivity index (χ1n) is 8.70. The Morgan fingerprint density at radius 1 is 1.13 bits per heavy atom. The van der Waals surface area contributed by atoms with Crippen molar-refractivity contribution in [3.8, 4) is 0 Å². The van der Waals surface area contributed by atoms with Gasteiger partial charge >= 0.3 is 6.03 Å². The minimum Gasteiger partial charge on any atom is -0.366 e. The van der Waals surface area contributed by atoms with Crippen molar-refractivity contribution in [2.75, 3.05) is 11.9 Å². The standard InChI is InChI=1S/C19H17N5O6/c1-19(12-4-8-14(9-5-12)24(29)30)17(27)23(18(28)22-19)10-15(25)21-13-6-2-11(3-7-13)16(20)26/h2-9H,10H2,1H3,(H2,20,26)(H,21,25)(H,22,28). The molecule has 1 atom stereocenters. The van der Waals surface area contributed by atoms with Gasteiger partial charge < -0.3 is 16.4 Å². The Morgan fingerprint density at radius 2 is 1.73 bits per heavy atom. The molecule has 0 radical (unpaired) electrons. The topological polar surface area (TPSA) is 165 Å². The normalized spacial score (nSPS) is 18.1. The van der Waals surface area contributed by atoms with Crippen LogP contribution >= 0.6 is 0 Å². The first-order chi connectivity index (χ1) is 14.1. The fourth-order valence-electron chi connectivity index (χ4n) is 3.01. The maximum atomic E-state index is 12.8. The smallest absolute Gasteiger partial charge is 0.325 e. The van der Waals surface area contributed by atoms with Crippen molar-refractivity contribution < 1.29 is 24.1 Å². The van der Waals surface area contributed by atoms with Crippen LogP contribution in [-0.4, -0.2) is 40.1 Å². The van der Waals surface area contributed by atoms with Crippen molar-refractivity contribution in [2.45, 2.75) is 12.5 Å². The number of hydrogen-bond acceptors (Lipinski definition) is 6. The molecule has 1 aliphatic rings. The van der Waals surface area contributed by atoms with Gasteiger partial charge in [-0.25, -0.2) is 4.79 Å². The van der Waals surface area contributed by atoms with Crippen molar-refractivity contribution in [3.05, 3.63) is 69.8 Å². The number of carbonyl (C=O) groups excluding carboxylic acids is 4. The van der Waals surface area contributed by atoms with Gasteiger partial charge in [0.2, 0.25) is 11.8 Å². The predicted octanol–water partition coefficient (Wildman–Crippen LogP) is 1.10. The molecule has 3 rings (SSSR count). The first kappa shape index (κ1) is 20.5. The van der Waals surface area contributed by atoms with Gasteiger partial charge in [0.25, 0.3) is 11.6 Å². The Morgan fingerprint density at radius 3 is 2.27 bits per heavy atom. The minimum atomic E-state index is -1.46. The lowest BCUT2D eigenvalue weighted by molar-refractivity contribution is -0.384. The lowest BCUT2D eigenvalue weighted by atomic mass is 9.92. The molecule has 1 unspecified atom stereocenters. The van der Waals surface area contributed by atoms with Gasteiger partial charge in [0.05, 0.1) is 4.92 Å². The number of non-ortho nitro benzene ring substituents is 1. The largest absolute Gasteiger partial charge is 0.366 e. The average Bonchev–Trinajstić information content (AvgIpc) is 2.92. The van der Waals surface area contributed by atoms with E-state index in [4.69, 9.17) is 5.73 Å². The van der Waals surface area contributed by atoms with Crippen LogP contribution in [0.5, 0.6) is 0 Å². The molecule has 0 aliphatic carbocycles. The highest BCUT2D eigenvalue weighted by Gasteiger charge is 2.49. The summed E-state index contributed by atoms with van der Waals surface area (Å²) in [5.41, 5.74) is 4.50. The van der Waals surface area contributed by atoms with Crippen molar-refractivity contribution in [1.29, 1.82) is 0 Å². The van der Waals surface area contributed by atoms with E-state index in [1.165, 1.54) is 55.5 Å². The number of amides is 5. The van der Waals surface area contributed by atoms with Crippen LogP contribution in [0.15, 0.2) is 48.5 Å². The van der Waals surface area contributed by atoms with Crippen molar-refractivity contribution in [3.63, 3.8) is 0 Å². The van der Waals surface area contributed by atoms with Crippen molar-refractivity contribution >= 4 is 35.1 Å². The number of nitrogens with zero attached hydrogens (tertiary/aromatic N) is 2. The summed E-state index contributed by atoms with van der Waals surface area (Å²) in [6.45, 7) is 0.916. The highest BCUT2D eigenvalue weighted by Crippen LogP contribution is 2.30. The van der Waals surface area contributed by atoms with Crippen LogP contribution < -0.4 is 16.4 Å². The Bertz CT molecular complexity index is 1050. The van der Waals surface area contributed by atoms with Gasteiger partial charge in [-0.2, -0.15) is 0 Å². The number of urea groups is 1. The summed E-state index contributed by atoms with van der Waals surface area (Å²) in [7, 11) is 0. The second-order valence-electron chi connectivity index (χ2n) is 6.74. The van der Waals surface area contributed by atoms with E-state index in [0.717, 1.165) is 4.90 Å². The third-order valence-electron chi connectivity index (χ3n) is 4.69. The number of nitro benzene ring substituents is 1. The molecule has 1 saturated heterocycles. The number of hydrogen-bond donors (Lipinski definition) is 3. The van der Waals surface area contributed by atoms with Gasteiger partial charge in [0.1, 0.15) is 12.1 Å². The third kappa shape index (κ3) is 3.81. The number of carbonyl (C=O) groups is 4. The molecule has 0 saturated carbocycles. The molecule has 0 bridgehead atoms. The van der Waals surface area contributed by atoms with E-state index in [9.17, 15) is 29.3 Å². The number of benzene rings is 2. The number of imide groups is 1. The van der Waals surface area contributed by atoms with Crippen LogP contribution in [0.2, 0.25) is 0 Å². The van der Waals surface area contributed by atoms with Crippen molar-refractivity contribution in [1.82, 2.24) is 10.2 Å². The fourth-order valence-corrected chi connectivity index (χ4v) is 3.01. The van der Waals surface area contributed by atoms with Crippen LogP contribution in [0.1, 0.15) is 22.8 Å². The molecule has 2 aromatic carbocycles. The molecule has 11 heteroatoms. The van der Waals surface area contributed by atoms with E-state index in [2.05, 4.69) is 10.6 Å². The van der Waals surface area contributed by atoms with Crippen LogP contribution in [0, 0.1) is 10.1 Å². The Balaban J connectivity index is 1.71. The van der Waals surface area contributed by atoms with E-state index < -0.39 is 40.8 Å². The molecular formula is C19H17N5O6. The molecular weight excluding hydrogens is 394 g/mol. The van der Waals surface area contributed by atoms with Gasteiger partial charge in [-0.1, -0.05) is 0 Å². The van der Waals surface area contributed by atoms with E-state index >= 15 is 0 Å². The fraction of sp³-hybridized carbons (Fsp3) is 0.158. The molecule has 1 heterocycles. The van der Waals surface area contributed by atoms with Gasteiger partial charge in [0.15, 0.2) is 0 Å². The SMILES string of the molecule is CC1(c2ccc([N+](=O)[O-])cc2)NC(=O)N(CC(=O)Nc2ccc(C(N)=O)cc2)C1=O. The highest BCUT2D eigenvalue weighted by molar-refractivity contribution is 6.10.